The van der Waals surface area contributed by atoms with E-state index in [0.29, 0.717) is 11.6 Å². The molecule has 1 aromatic carbocycles. The Balaban J connectivity index is 2.03. The average Bonchev–Trinajstić information content (AvgIpc) is 2.32. The molecule has 1 aromatic rings. The molecule has 1 amide bonds. The number of fused-ring (bicyclic) bond motifs is 1. The second-order valence-corrected chi connectivity index (χ2v) is 5.49. The largest absolute Gasteiger partial charge is 0.399 e. The van der Waals surface area contributed by atoms with Gasteiger partial charge in [-0.2, -0.15) is 0 Å². The van der Waals surface area contributed by atoms with Crippen LogP contribution in [0.25, 0.3) is 0 Å². The van der Waals surface area contributed by atoms with Crippen molar-refractivity contribution in [3.05, 3.63) is 29.3 Å². The zero-order valence-electron chi connectivity index (χ0n) is 11.3. The molecule has 0 aromatic heterocycles. The van der Waals surface area contributed by atoms with Gasteiger partial charge in [0.1, 0.15) is 0 Å². The SMILES string of the molecule is CC(C)CCCN1CCc2ccc(N)cc2C1=O. The van der Waals surface area contributed by atoms with Crippen LogP contribution in [-0.4, -0.2) is 23.9 Å². The van der Waals surface area contributed by atoms with Crippen molar-refractivity contribution in [1.29, 1.82) is 0 Å². The predicted octanol–water partition coefficient (Wildman–Crippen LogP) is 2.70. The lowest BCUT2D eigenvalue weighted by molar-refractivity contribution is 0.0735. The molecule has 0 aliphatic carbocycles. The van der Waals surface area contributed by atoms with Crippen molar-refractivity contribution in [3.8, 4) is 0 Å². The quantitative estimate of drug-likeness (QED) is 0.830. The van der Waals surface area contributed by atoms with Crippen LogP contribution in [-0.2, 0) is 6.42 Å². The van der Waals surface area contributed by atoms with E-state index in [0.717, 1.165) is 37.1 Å². The van der Waals surface area contributed by atoms with Gasteiger partial charge in [0.2, 0.25) is 0 Å². The molecule has 2 rings (SSSR count). The lowest BCUT2D eigenvalue weighted by Gasteiger charge is -2.29. The number of nitrogens with two attached hydrogens (primary N) is 1. The number of hydrogen-bond donors (Lipinski definition) is 1. The van der Waals surface area contributed by atoms with Crippen molar-refractivity contribution >= 4 is 11.6 Å². The molecule has 0 spiro atoms. The molecule has 1 heterocycles. The molecule has 0 bridgehead atoms. The maximum absolute atomic E-state index is 12.3. The zero-order chi connectivity index (χ0) is 13.1. The molecule has 0 atom stereocenters. The zero-order valence-corrected chi connectivity index (χ0v) is 11.3. The van der Waals surface area contributed by atoms with Crippen molar-refractivity contribution in [2.75, 3.05) is 18.8 Å². The molecule has 0 radical (unpaired) electrons. The standard InChI is InChI=1S/C15H22N2O/c1-11(2)4-3-8-17-9-7-12-5-6-13(16)10-14(12)15(17)18/h5-6,10-11H,3-4,7-9,16H2,1-2H3. The van der Waals surface area contributed by atoms with Gasteiger partial charge in [0.15, 0.2) is 0 Å². The topological polar surface area (TPSA) is 46.3 Å². The number of benzene rings is 1. The molecule has 2 N–H and O–H groups in total. The van der Waals surface area contributed by atoms with E-state index in [4.69, 9.17) is 5.73 Å². The highest BCUT2D eigenvalue weighted by Crippen LogP contribution is 2.21. The summed E-state index contributed by atoms with van der Waals surface area (Å²) in [7, 11) is 0. The third-order valence-electron chi connectivity index (χ3n) is 3.51. The molecule has 0 unspecified atom stereocenters. The van der Waals surface area contributed by atoms with Crippen LogP contribution in [0.2, 0.25) is 0 Å². The van der Waals surface area contributed by atoms with Crippen molar-refractivity contribution in [2.45, 2.75) is 33.1 Å². The van der Waals surface area contributed by atoms with Crippen molar-refractivity contribution in [3.63, 3.8) is 0 Å². The van der Waals surface area contributed by atoms with Gasteiger partial charge in [-0.05, 0) is 42.9 Å². The Morgan fingerprint density at radius 3 is 2.89 bits per heavy atom. The van der Waals surface area contributed by atoms with Gasteiger partial charge in [-0.3, -0.25) is 4.79 Å². The second kappa shape index (κ2) is 5.42. The summed E-state index contributed by atoms with van der Waals surface area (Å²) in [6.07, 6.45) is 3.21. The maximum atomic E-state index is 12.3. The first-order chi connectivity index (χ1) is 8.58. The van der Waals surface area contributed by atoms with E-state index in [2.05, 4.69) is 13.8 Å². The van der Waals surface area contributed by atoms with Gasteiger partial charge in [-0.15, -0.1) is 0 Å². The van der Waals surface area contributed by atoms with E-state index in [1.165, 1.54) is 6.42 Å². The van der Waals surface area contributed by atoms with Crippen LogP contribution in [0.3, 0.4) is 0 Å². The van der Waals surface area contributed by atoms with Gasteiger partial charge in [-0.25, -0.2) is 0 Å². The highest BCUT2D eigenvalue weighted by molar-refractivity contribution is 5.97. The van der Waals surface area contributed by atoms with Gasteiger partial charge in [0.25, 0.3) is 5.91 Å². The van der Waals surface area contributed by atoms with Crippen molar-refractivity contribution in [2.24, 2.45) is 5.92 Å². The summed E-state index contributed by atoms with van der Waals surface area (Å²) in [5.41, 5.74) is 8.36. The number of carbonyl (C=O) groups excluding carboxylic acids is 1. The Labute approximate surface area is 109 Å². The van der Waals surface area contributed by atoms with Gasteiger partial charge in [0.05, 0.1) is 0 Å². The number of nitrogens with zero attached hydrogens (tertiary/aromatic N) is 1. The Morgan fingerprint density at radius 2 is 2.17 bits per heavy atom. The Hall–Kier alpha value is -1.51. The van der Waals surface area contributed by atoms with Crippen molar-refractivity contribution < 1.29 is 4.79 Å². The Kier molecular flexibility index (Phi) is 3.90. The summed E-state index contributed by atoms with van der Waals surface area (Å²) in [6, 6.07) is 5.67. The molecule has 1 aliphatic heterocycles. The van der Waals surface area contributed by atoms with Crippen molar-refractivity contribution in [1.82, 2.24) is 4.90 Å². The van der Waals surface area contributed by atoms with Crippen LogP contribution in [0.15, 0.2) is 18.2 Å². The smallest absolute Gasteiger partial charge is 0.254 e. The minimum absolute atomic E-state index is 0.146. The molecule has 3 heteroatoms. The van der Waals surface area contributed by atoms with Gasteiger partial charge in [0, 0.05) is 24.3 Å². The normalized spacial score (nSPS) is 15.1. The van der Waals surface area contributed by atoms with E-state index in [1.54, 1.807) is 0 Å². The monoisotopic (exact) mass is 246 g/mol. The summed E-state index contributed by atoms with van der Waals surface area (Å²) < 4.78 is 0. The fourth-order valence-corrected chi connectivity index (χ4v) is 2.44. The molecule has 98 valence electrons. The Bertz CT molecular complexity index is 440. The summed E-state index contributed by atoms with van der Waals surface area (Å²) in [5, 5.41) is 0. The first kappa shape index (κ1) is 12.9. The van der Waals surface area contributed by atoms with Crippen LogP contribution in [0.4, 0.5) is 5.69 Å². The molecule has 0 fully saturated rings. The highest BCUT2D eigenvalue weighted by atomic mass is 16.2. The first-order valence-corrected chi connectivity index (χ1v) is 6.75. The second-order valence-electron chi connectivity index (χ2n) is 5.49. The number of amides is 1. The number of carbonyl (C=O) groups is 1. The highest BCUT2D eigenvalue weighted by Gasteiger charge is 2.23. The van der Waals surface area contributed by atoms with Crippen LogP contribution in [0.5, 0.6) is 0 Å². The molecule has 0 saturated carbocycles. The molecular formula is C15H22N2O. The molecule has 3 nitrogen and oxygen atoms in total. The van der Waals surface area contributed by atoms with E-state index >= 15 is 0 Å². The lowest BCUT2D eigenvalue weighted by Crippen LogP contribution is -2.38. The number of nitrogen functional groups attached to an aromatic ring is 1. The fraction of sp³-hybridized carbons (Fsp3) is 0.533. The molecule has 18 heavy (non-hydrogen) atoms. The van der Waals surface area contributed by atoms with E-state index < -0.39 is 0 Å². The fourth-order valence-electron chi connectivity index (χ4n) is 2.44. The maximum Gasteiger partial charge on any atom is 0.254 e. The summed E-state index contributed by atoms with van der Waals surface area (Å²) in [4.78, 5) is 14.3. The minimum atomic E-state index is 0.146. The summed E-state index contributed by atoms with van der Waals surface area (Å²) >= 11 is 0. The van der Waals surface area contributed by atoms with Gasteiger partial charge < -0.3 is 10.6 Å². The van der Waals surface area contributed by atoms with E-state index in [1.807, 2.05) is 23.1 Å². The molecule has 0 saturated heterocycles. The Morgan fingerprint density at radius 1 is 1.39 bits per heavy atom. The number of anilines is 1. The third-order valence-corrected chi connectivity index (χ3v) is 3.51. The van der Waals surface area contributed by atoms with E-state index in [-0.39, 0.29) is 5.91 Å². The summed E-state index contributed by atoms with van der Waals surface area (Å²) in [5.74, 6) is 0.847. The minimum Gasteiger partial charge on any atom is -0.399 e. The van der Waals surface area contributed by atoms with Crippen LogP contribution < -0.4 is 5.73 Å². The van der Waals surface area contributed by atoms with Crippen LogP contribution >= 0.6 is 0 Å². The third kappa shape index (κ3) is 2.84. The van der Waals surface area contributed by atoms with Gasteiger partial charge >= 0.3 is 0 Å². The number of rotatable bonds is 4. The predicted molar refractivity (Wildman–Crippen MR) is 74.5 cm³/mol. The first-order valence-electron chi connectivity index (χ1n) is 6.75. The average molecular weight is 246 g/mol. The summed E-state index contributed by atoms with van der Waals surface area (Å²) in [6.45, 7) is 6.14. The number of hydrogen-bond acceptors (Lipinski definition) is 2. The van der Waals surface area contributed by atoms with E-state index in [9.17, 15) is 4.79 Å². The van der Waals surface area contributed by atoms with Gasteiger partial charge in [-0.1, -0.05) is 19.9 Å². The molecular weight excluding hydrogens is 224 g/mol. The van der Waals surface area contributed by atoms with Crippen LogP contribution in [0, 0.1) is 5.92 Å². The molecule has 1 aliphatic rings. The van der Waals surface area contributed by atoms with Crippen LogP contribution in [0.1, 0.15) is 42.6 Å². The lowest BCUT2D eigenvalue weighted by atomic mass is 9.98.